The molecule has 0 saturated carbocycles. The van der Waals surface area contributed by atoms with Crippen LogP contribution in [-0.4, -0.2) is 58.6 Å². The van der Waals surface area contributed by atoms with Gasteiger partial charge in [-0.1, -0.05) is 36.4 Å². The van der Waals surface area contributed by atoms with Crippen LogP contribution < -0.4 is 20.9 Å². The fourth-order valence-corrected chi connectivity index (χ4v) is 5.64. The third kappa shape index (κ3) is 7.58. The monoisotopic (exact) mass is 611 g/mol. The van der Waals surface area contributed by atoms with Crippen LogP contribution >= 0.6 is 0 Å². The van der Waals surface area contributed by atoms with Crippen molar-refractivity contribution in [1.82, 2.24) is 20.9 Å². The van der Waals surface area contributed by atoms with Gasteiger partial charge in [0.15, 0.2) is 5.58 Å². The Morgan fingerprint density at radius 2 is 1.87 bits per heavy atom. The first-order chi connectivity index (χ1) is 21.5. The van der Waals surface area contributed by atoms with E-state index >= 15 is 0 Å². The molecule has 3 amide bonds. The van der Waals surface area contributed by atoms with E-state index in [0.717, 1.165) is 16.8 Å². The summed E-state index contributed by atoms with van der Waals surface area (Å²) in [5.41, 5.74) is 4.40. The van der Waals surface area contributed by atoms with E-state index in [2.05, 4.69) is 16.0 Å². The second kappa shape index (κ2) is 13.6. The number of hydrogen-bond donors (Lipinski definition) is 4. The molecule has 0 aliphatic carbocycles. The summed E-state index contributed by atoms with van der Waals surface area (Å²) in [6, 6.07) is 19.9. The second-order valence-electron chi connectivity index (χ2n) is 12.2. The van der Waals surface area contributed by atoms with Gasteiger partial charge in [-0.3, -0.25) is 14.4 Å². The molecule has 45 heavy (non-hydrogen) atoms. The van der Waals surface area contributed by atoms with Gasteiger partial charge in [0.25, 0.3) is 5.91 Å². The van der Waals surface area contributed by atoms with Crippen LogP contribution in [0.4, 0.5) is 5.69 Å². The number of oxazole rings is 1. The van der Waals surface area contributed by atoms with E-state index in [4.69, 9.17) is 9.40 Å². The van der Waals surface area contributed by atoms with E-state index in [9.17, 15) is 19.5 Å². The maximum Gasteiger partial charge on any atom is 0.252 e. The van der Waals surface area contributed by atoms with Gasteiger partial charge in [0.1, 0.15) is 11.6 Å². The Balaban J connectivity index is 1.38. The number of fused-ring (bicyclic) bond motifs is 2. The maximum absolute atomic E-state index is 14.0. The minimum absolute atomic E-state index is 0.158. The Labute approximate surface area is 263 Å². The van der Waals surface area contributed by atoms with E-state index in [1.54, 1.807) is 24.0 Å². The number of nitrogens with one attached hydrogen (secondary N) is 3. The van der Waals surface area contributed by atoms with Crippen molar-refractivity contribution >= 4 is 34.5 Å². The highest BCUT2D eigenvalue weighted by Gasteiger charge is 2.33. The normalized spacial score (nSPS) is 15.8. The number of carbonyl (C=O) groups is 3. The van der Waals surface area contributed by atoms with Crippen LogP contribution in [0.25, 0.3) is 22.6 Å². The van der Waals surface area contributed by atoms with Gasteiger partial charge < -0.3 is 30.4 Å². The van der Waals surface area contributed by atoms with Crippen molar-refractivity contribution in [2.24, 2.45) is 0 Å². The number of β-amino-alcohol motifs (C(OH)–C–C–N with tert-alkyl or cyclic N) is 1. The third-order valence-electron chi connectivity index (χ3n) is 7.89. The van der Waals surface area contributed by atoms with Gasteiger partial charge in [-0.25, -0.2) is 4.98 Å². The summed E-state index contributed by atoms with van der Waals surface area (Å²) in [4.78, 5) is 46.2. The van der Waals surface area contributed by atoms with Gasteiger partial charge >= 0.3 is 0 Å². The van der Waals surface area contributed by atoms with Crippen molar-refractivity contribution < 1.29 is 23.9 Å². The number of carbonyl (C=O) groups excluding carboxylic acids is 3. The summed E-state index contributed by atoms with van der Waals surface area (Å²) in [6.07, 6.45) is 0.749. The van der Waals surface area contributed by atoms with E-state index in [1.807, 2.05) is 75.4 Å². The molecule has 0 bridgehead atoms. The number of hydrogen-bond acceptors (Lipinski definition) is 7. The Bertz CT molecular complexity index is 1690. The van der Waals surface area contributed by atoms with Crippen LogP contribution in [0.1, 0.15) is 62.0 Å². The molecule has 4 aromatic rings. The molecular formula is C35H41N5O5. The van der Waals surface area contributed by atoms with Gasteiger partial charge in [-0.2, -0.15) is 0 Å². The third-order valence-corrected chi connectivity index (χ3v) is 7.89. The first kappa shape index (κ1) is 31.9. The van der Waals surface area contributed by atoms with E-state index < -0.39 is 17.7 Å². The highest BCUT2D eigenvalue weighted by molar-refractivity contribution is 6.01. The molecule has 1 aliphatic rings. The molecule has 4 N–H and O–H groups in total. The molecule has 1 aromatic heterocycles. The molecule has 0 fully saturated rings. The predicted octanol–water partition coefficient (Wildman–Crippen LogP) is 4.35. The molecule has 10 heteroatoms. The van der Waals surface area contributed by atoms with E-state index in [0.29, 0.717) is 54.0 Å². The maximum atomic E-state index is 14.0. The lowest BCUT2D eigenvalue weighted by Crippen LogP contribution is -2.51. The van der Waals surface area contributed by atoms with Gasteiger partial charge in [-0.15, -0.1) is 0 Å². The van der Waals surface area contributed by atoms with Gasteiger partial charge in [0.2, 0.25) is 17.7 Å². The number of para-hydroxylation sites is 1. The van der Waals surface area contributed by atoms with Crippen molar-refractivity contribution in [3.05, 3.63) is 83.4 Å². The van der Waals surface area contributed by atoms with Crippen LogP contribution in [0.3, 0.4) is 0 Å². The first-order valence-corrected chi connectivity index (χ1v) is 15.4. The fraction of sp³-hybridized carbons (Fsp3) is 0.371. The number of anilines is 1. The van der Waals surface area contributed by atoms with Crippen LogP contribution in [0.2, 0.25) is 0 Å². The van der Waals surface area contributed by atoms with E-state index in [1.165, 1.54) is 0 Å². The van der Waals surface area contributed by atoms with Gasteiger partial charge in [-0.05, 0) is 82.0 Å². The summed E-state index contributed by atoms with van der Waals surface area (Å²) < 4.78 is 6.06. The molecule has 0 spiro atoms. The van der Waals surface area contributed by atoms with Crippen molar-refractivity contribution in [2.75, 3.05) is 18.0 Å². The lowest BCUT2D eigenvalue weighted by Gasteiger charge is -2.29. The standard InChI is InChI=1S/C35H41N5O5/c1-5-36-32(43)25-11-7-8-12-26(25)33-39-28-18-23(14-17-30(28)45-33)21-40-29-13-9-6-10-24(29)15-16-27(34(40)44)38-31(42)19-35(3,4)37-20-22(2)41/h6-14,17-18,22,27,37,41H,5,15-16,19-21H2,1-4H3,(H,36,43)(H,38,42). The SMILES string of the molecule is CCNC(=O)c1ccccc1-c1nc2cc(CN3C(=O)C(NC(=O)CC(C)(C)NCC(C)O)CCc4ccccc43)ccc2o1. The minimum atomic E-state index is -0.689. The predicted molar refractivity (Wildman–Crippen MR) is 174 cm³/mol. The molecule has 10 nitrogen and oxygen atoms in total. The largest absolute Gasteiger partial charge is 0.436 e. The van der Waals surface area contributed by atoms with Gasteiger partial charge in [0.05, 0.1) is 18.2 Å². The van der Waals surface area contributed by atoms with Crippen LogP contribution in [0, 0.1) is 0 Å². The molecule has 5 rings (SSSR count). The first-order valence-electron chi connectivity index (χ1n) is 15.4. The second-order valence-corrected chi connectivity index (χ2v) is 12.2. The zero-order valence-corrected chi connectivity index (χ0v) is 26.2. The highest BCUT2D eigenvalue weighted by Crippen LogP contribution is 2.31. The van der Waals surface area contributed by atoms with Crippen LogP contribution in [0.15, 0.2) is 71.1 Å². The smallest absolute Gasteiger partial charge is 0.252 e. The summed E-state index contributed by atoms with van der Waals surface area (Å²) in [5, 5.41) is 18.7. The lowest BCUT2D eigenvalue weighted by atomic mass is 9.99. The van der Waals surface area contributed by atoms with Crippen molar-refractivity contribution in [1.29, 1.82) is 0 Å². The lowest BCUT2D eigenvalue weighted by molar-refractivity contribution is -0.128. The quantitative estimate of drug-likeness (QED) is 0.198. The fourth-order valence-electron chi connectivity index (χ4n) is 5.64. The van der Waals surface area contributed by atoms with Crippen LogP contribution in [-0.2, 0) is 22.6 Å². The molecule has 3 aromatic carbocycles. The zero-order valence-electron chi connectivity index (χ0n) is 26.2. The average molecular weight is 612 g/mol. The Hall–Kier alpha value is -4.54. The molecule has 0 saturated heterocycles. The summed E-state index contributed by atoms with van der Waals surface area (Å²) in [5.74, 6) is -0.268. The van der Waals surface area contributed by atoms with Crippen molar-refractivity contribution in [3.8, 4) is 11.5 Å². The number of benzene rings is 3. The van der Waals surface area contributed by atoms with E-state index in [-0.39, 0.29) is 30.7 Å². The summed E-state index contributed by atoms with van der Waals surface area (Å²) >= 11 is 0. The molecular weight excluding hydrogens is 570 g/mol. The molecule has 2 atom stereocenters. The Kier molecular flexibility index (Phi) is 9.65. The number of aryl methyl sites for hydroxylation is 1. The van der Waals surface area contributed by atoms with Gasteiger partial charge in [0, 0.05) is 36.3 Å². The van der Waals surface area contributed by atoms with Crippen molar-refractivity contribution in [2.45, 2.75) is 71.2 Å². The molecule has 236 valence electrons. The zero-order chi connectivity index (χ0) is 32.1. The Morgan fingerprint density at radius 3 is 2.64 bits per heavy atom. The molecule has 2 unspecified atom stereocenters. The minimum Gasteiger partial charge on any atom is -0.436 e. The molecule has 1 aliphatic heterocycles. The highest BCUT2D eigenvalue weighted by atomic mass is 16.3. The summed E-state index contributed by atoms with van der Waals surface area (Å²) in [6.45, 7) is 8.50. The number of rotatable bonds is 11. The Morgan fingerprint density at radius 1 is 1.11 bits per heavy atom. The average Bonchev–Trinajstić information content (AvgIpc) is 3.39. The molecule has 2 heterocycles. The number of nitrogens with zero attached hydrogens (tertiary/aromatic N) is 2. The van der Waals surface area contributed by atoms with Crippen molar-refractivity contribution in [3.63, 3.8) is 0 Å². The number of aromatic nitrogens is 1. The number of aliphatic hydroxyl groups excluding tert-OH is 1. The number of aliphatic hydroxyl groups is 1. The molecule has 0 radical (unpaired) electrons. The summed E-state index contributed by atoms with van der Waals surface area (Å²) in [7, 11) is 0. The number of amides is 3. The van der Waals surface area contributed by atoms with Crippen LogP contribution in [0.5, 0.6) is 0 Å². The topological polar surface area (TPSA) is 137 Å².